The predicted molar refractivity (Wildman–Crippen MR) is 58.0 cm³/mol. The van der Waals surface area contributed by atoms with Gasteiger partial charge in [-0.15, -0.1) is 0 Å². The van der Waals surface area contributed by atoms with Gasteiger partial charge in [0.1, 0.15) is 0 Å². The molecule has 0 fully saturated rings. The molecule has 92 valence electrons. The Kier molecular flexibility index (Phi) is 2.73. The summed E-state index contributed by atoms with van der Waals surface area (Å²) >= 11 is 0. The molecule has 0 saturated carbocycles. The van der Waals surface area contributed by atoms with Gasteiger partial charge in [-0.2, -0.15) is 13.2 Å². The minimum Gasteiger partial charge on any atom is -0.372 e. The van der Waals surface area contributed by atoms with Gasteiger partial charge < -0.3 is 10.2 Å². The molecule has 17 heavy (non-hydrogen) atoms. The zero-order chi connectivity index (χ0) is 12.6. The summed E-state index contributed by atoms with van der Waals surface area (Å²) in [5.74, 6) is -0.396. The number of nitrogens with one attached hydrogen (secondary N) is 1. The number of nitrogens with zero attached hydrogens (tertiary/aromatic N) is 1. The van der Waals surface area contributed by atoms with E-state index in [2.05, 4.69) is 5.32 Å². The van der Waals surface area contributed by atoms with Crippen LogP contribution in [0.3, 0.4) is 0 Å². The van der Waals surface area contributed by atoms with Crippen molar-refractivity contribution in [3.05, 3.63) is 23.8 Å². The molecule has 1 aliphatic heterocycles. The Morgan fingerprint density at radius 3 is 2.71 bits per heavy atom. The van der Waals surface area contributed by atoms with E-state index in [-0.39, 0.29) is 12.1 Å². The van der Waals surface area contributed by atoms with Gasteiger partial charge in [0.15, 0.2) is 0 Å². The number of para-hydroxylation sites is 1. The van der Waals surface area contributed by atoms with Crippen LogP contribution in [0.4, 0.5) is 24.5 Å². The first-order chi connectivity index (χ1) is 7.89. The quantitative estimate of drug-likeness (QED) is 0.760. The average molecular weight is 244 g/mol. The van der Waals surface area contributed by atoms with Crippen LogP contribution in [0.1, 0.15) is 12.0 Å². The maximum atomic E-state index is 12.8. The van der Waals surface area contributed by atoms with Crippen LogP contribution >= 0.6 is 0 Å². The van der Waals surface area contributed by atoms with E-state index < -0.39 is 17.6 Å². The fraction of sp³-hybridized carbons (Fsp3) is 0.364. The van der Waals surface area contributed by atoms with Crippen molar-refractivity contribution < 1.29 is 18.0 Å². The van der Waals surface area contributed by atoms with Crippen LogP contribution in [0.25, 0.3) is 0 Å². The molecule has 1 heterocycles. The van der Waals surface area contributed by atoms with Crippen molar-refractivity contribution in [2.75, 3.05) is 23.8 Å². The van der Waals surface area contributed by atoms with Gasteiger partial charge in [-0.1, -0.05) is 6.07 Å². The van der Waals surface area contributed by atoms with Gasteiger partial charge in [-0.3, -0.25) is 4.79 Å². The standard InChI is InChI=1S/C11H11F3N2O/c1-16-6-5-9(17)15-10-7(11(12,13)14)3-2-4-8(10)16/h2-4H,5-6H2,1H3,(H,15,17). The molecule has 1 amide bonds. The minimum absolute atomic E-state index is 0.148. The first kappa shape index (κ1) is 11.8. The van der Waals surface area contributed by atoms with Crippen molar-refractivity contribution in [1.29, 1.82) is 0 Å². The Bertz CT molecular complexity index is 457. The van der Waals surface area contributed by atoms with Crippen LogP contribution in [0.5, 0.6) is 0 Å². The molecule has 0 aliphatic carbocycles. The lowest BCUT2D eigenvalue weighted by molar-refractivity contribution is -0.136. The number of halogens is 3. The molecule has 6 heteroatoms. The molecule has 0 unspecified atom stereocenters. The van der Waals surface area contributed by atoms with Gasteiger partial charge in [-0.25, -0.2) is 0 Å². The van der Waals surface area contributed by atoms with E-state index in [1.165, 1.54) is 6.07 Å². The Morgan fingerprint density at radius 2 is 2.06 bits per heavy atom. The van der Waals surface area contributed by atoms with Gasteiger partial charge >= 0.3 is 6.18 Å². The lowest BCUT2D eigenvalue weighted by Crippen LogP contribution is -2.18. The summed E-state index contributed by atoms with van der Waals surface area (Å²) in [6.07, 6.45) is -4.29. The molecule has 1 aromatic rings. The van der Waals surface area contributed by atoms with Crippen molar-refractivity contribution >= 4 is 17.3 Å². The topological polar surface area (TPSA) is 32.3 Å². The molecule has 0 atom stereocenters. The van der Waals surface area contributed by atoms with Crippen LogP contribution in [0.2, 0.25) is 0 Å². The summed E-state index contributed by atoms with van der Waals surface area (Å²) in [6.45, 7) is 0.403. The van der Waals surface area contributed by atoms with Crippen LogP contribution in [-0.4, -0.2) is 19.5 Å². The van der Waals surface area contributed by atoms with Crippen molar-refractivity contribution in [3.8, 4) is 0 Å². The van der Waals surface area contributed by atoms with Crippen molar-refractivity contribution in [2.45, 2.75) is 12.6 Å². The fourth-order valence-electron chi connectivity index (χ4n) is 1.82. The Morgan fingerprint density at radius 1 is 1.35 bits per heavy atom. The number of anilines is 2. The third kappa shape index (κ3) is 2.20. The second-order valence-electron chi connectivity index (χ2n) is 3.92. The van der Waals surface area contributed by atoms with E-state index in [4.69, 9.17) is 0 Å². The number of rotatable bonds is 0. The van der Waals surface area contributed by atoms with Crippen LogP contribution in [0, 0.1) is 0 Å². The van der Waals surface area contributed by atoms with Crippen LogP contribution in [0.15, 0.2) is 18.2 Å². The zero-order valence-corrected chi connectivity index (χ0v) is 9.14. The summed E-state index contributed by atoms with van der Waals surface area (Å²) in [4.78, 5) is 13.0. The van der Waals surface area contributed by atoms with Crippen molar-refractivity contribution in [2.24, 2.45) is 0 Å². The van der Waals surface area contributed by atoms with Crippen molar-refractivity contribution in [1.82, 2.24) is 0 Å². The maximum Gasteiger partial charge on any atom is 0.418 e. The van der Waals surface area contributed by atoms with Gasteiger partial charge in [0.25, 0.3) is 0 Å². The van der Waals surface area contributed by atoms with Crippen LogP contribution < -0.4 is 10.2 Å². The van der Waals surface area contributed by atoms with E-state index in [1.807, 2.05) is 0 Å². The number of amides is 1. The Hall–Kier alpha value is -1.72. The van der Waals surface area contributed by atoms with E-state index >= 15 is 0 Å². The van der Waals surface area contributed by atoms with Gasteiger partial charge in [0.2, 0.25) is 5.91 Å². The Balaban J connectivity index is 2.59. The normalized spacial score (nSPS) is 16.2. The fourth-order valence-corrected chi connectivity index (χ4v) is 1.82. The van der Waals surface area contributed by atoms with Crippen molar-refractivity contribution in [3.63, 3.8) is 0 Å². The van der Waals surface area contributed by atoms with Gasteiger partial charge in [0.05, 0.1) is 16.9 Å². The number of alkyl halides is 3. The van der Waals surface area contributed by atoms with Gasteiger partial charge in [-0.05, 0) is 12.1 Å². The lowest BCUT2D eigenvalue weighted by Gasteiger charge is -2.21. The second-order valence-corrected chi connectivity index (χ2v) is 3.92. The molecule has 0 bridgehead atoms. The number of hydrogen-bond acceptors (Lipinski definition) is 2. The van der Waals surface area contributed by atoms with E-state index in [0.717, 1.165) is 6.07 Å². The molecular formula is C11H11F3N2O. The monoisotopic (exact) mass is 244 g/mol. The molecule has 0 spiro atoms. The number of fused-ring (bicyclic) bond motifs is 1. The Labute approximate surface area is 96.2 Å². The molecule has 1 aliphatic rings. The third-order valence-electron chi connectivity index (χ3n) is 2.70. The summed E-state index contributed by atoms with van der Waals surface area (Å²) in [5.41, 5.74) is -0.562. The van der Waals surface area contributed by atoms with E-state index in [1.54, 1.807) is 18.0 Å². The average Bonchev–Trinajstić information content (AvgIpc) is 2.37. The SMILES string of the molecule is CN1CCC(=O)Nc2c1cccc2C(F)(F)F. The molecule has 0 aromatic heterocycles. The summed E-state index contributed by atoms with van der Waals surface area (Å²) < 4.78 is 38.4. The molecule has 2 rings (SSSR count). The number of hydrogen-bond donors (Lipinski definition) is 1. The third-order valence-corrected chi connectivity index (χ3v) is 2.70. The van der Waals surface area contributed by atoms with Crippen LogP contribution in [-0.2, 0) is 11.0 Å². The second kappa shape index (κ2) is 3.94. The number of benzene rings is 1. The highest BCUT2D eigenvalue weighted by Crippen LogP contribution is 2.40. The highest BCUT2D eigenvalue weighted by atomic mass is 19.4. The van der Waals surface area contributed by atoms with E-state index in [0.29, 0.717) is 12.2 Å². The number of carbonyl (C=O) groups excluding carboxylic acids is 1. The minimum atomic E-state index is -4.47. The largest absolute Gasteiger partial charge is 0.418 e. The first-order valence-corrected chi connectivity index (χ1v) is 5.11. The predicted octanol–water partition coefficient (Wildman–Crippen LogP) is 2.48. The smallest absolute Gasteiger partial charge is 0.372 e. The number of carbonyl (C=O) groups is 1. The summed E-state index contributed by atoms with van der Waals surface area (Å²) in [7, 11) is 1.67. The molecular weight excluding hydrogens is 233 g/mol. The highest BCUT2D eigenvalue weighted by Gasteiger charge is 2.36. The highest BCUT2D eigenvalue weighted by molar-refractivity contribution is 5.97. The maximum absolute atomic E-state index is 12.8. The lowest BCUT2D eigenvalue weighted by atomic mass is 10.1. The molecule has 0 saturated heterocycles. The molecule has 1 N–H and O–H groups in total. The zero-order valence-electron chi connectivity index (χ0n) is 9.14. The summed E-state index contributed by atoms with van der Waals surface area (Å²) in [5, 5.41) is 2.33. The first-order valence-electron chi connectivity index (χ1n) is 5.11. The van der Waals surface area contributed by atoms with E-state index in [9.17, 15) is 18.0 Å². The van der Waals surface area contributed by atoms with Gasteiger partial charge in [0, 0.05) is 20.0 Å². The summed E-state index contributed by atoms with van der Waals surface area (Å²) in [6, 6.07) is 3.88. The molecule has 3 nitrogen and oxygen atoms in total. The molecule has 0 radical (unpaired) electrons. The molecule has 1 aromatic carbocycles.